The van der Waals surface area contributed by atoms with Crippen LogP contribution in [-0.4, -0.2) is 59.5 Å². The van der Waals surface area contributed by atoms with Gasteiger partial charge < -0.3 is 20.4 Å². The van der Waals surface area contributed by atoms with Crippen molar-refractivity contribution in [1.82, 2.24) is 25.5 Å². The van der Waals surface area contributed by atoms with Gasteiger partial charge in [-0.15, -0.1) is 0 Å². The Morgan fingerprint density at radius 3 is 2.48 bits per heavy atom. The first kappa shape index (κ1) is 18.9. The maximum Gasteiger partial charge on any atom is 0.317 e. The van der Waals surface area contributed by atoms with E-state index in [2.05, 4.69) is 20.6 Å². The SMILES string of the molecule is O=C(CNC(=O)N1CCN(c2ncccn2)CC1)NCc1cccc(Cl)c1. The molecule has 3 amide bonds. The number of piperazine rings is 1. The molecule has 1 saturated heterocycles. The van der Waals surface area contributed by atoms with E-state index in [-0.39, 0.29) is 18.5 Å². The summed E-state index contributed by atoms with van der Waals surface area (Å²) in [5.74, 6) is 0.414. The molecule has 2 N–H and O–H groups in total. The minimum Gasteiger partial charge on any atom is -0.350 e. The van der Waals surface area contributed by atoms with Gasteiger partial charge in [-0.2, -0.15) is 0 Å². The number of benzene rings is 1. The van der Waals surface area contributed by atoms with Crippen LogP contribution in [0.4, 0.5) is 10.7 Å². The fourth-order valence-electron chi connectivity index (χ4n) is 2.74. The van der Waals surface area contributed by atoms with E-state index in [4.69, 9.17) is 11.6 Å². The summed E-state index contributed by atoms with van der Waals surface area (Å²) >= 11 is 5.91. The number of nitrogens with zero attached hydrogens (tertiary/aromatic N) is 4. The van der Waals surface area contributed by atoms with Crippen molar-refractivity contribution < 1.29 is 9.59 Å². The summed E-state index contributed by atoms with van der Waals surface area (Å²) in [7, 11) is 0. The first-order chi connectivity index (χ1) is 13.1. The predicted molar refractivity (Wildman–Crippen MR) is 103 cm³/mol. The van der Waals surface area contributed by atoms with E-state index in [0.29, 0.717) is 43.7 Å². The molecule has 0 saturated carbocycles. The van der Waals surface area contributed by atoms with Gasteiger partial charge >= 0.3 is 6.03 Å². The minimum atomic E-state index is -0.250. The van der Waals surface area contributed by atoms with Crippen LogP contribution in [0.2, 0.25) is 5.02 Å². The van der Waals surface area contributed by atoms with Crippen LogP contribution in [0.5, 0.6) is 0 Å². The summed E-state index contributed by atoms with van der Waals surface area (Å²) in [6, 6.07) is 8.78. The average molecular weight is 389 g/mol. The second kappa shape index (κ2) is 9.18. The number of amides is 3. The highest BCUT2D eigenvalue weighted by Gasteiger charge is 2.22. The Balaban J connectivity index is 1.37. The molecule has 0 aliphatic carbocycles. The number of rotatable bonds is 5. The lowest BCUT2D eigenvalue weighted by molar-refractivity contribution is -0.120. The molecule has 0 spiro atoms. The molecule has 1 aromatic carbocycles. The van der Waals surface area contributed by atoms with E-state index in [0.717, 1.165) is 5.56 Å². The second-order valence-electron chi connectivity index (χ2n) is 6.09. The fraction of sp³-hybridized carbons (Fsp3) is 0.333. The van der Waals surface area contributed by atoms with Crippen LogP contribution in [0, 0.1) is 0 Å². The first-order valence-electron chi connectivity index (χ1n) is 8.68. The summed E-state index contributed by atoms with van der Waals surface area (Å²) < 4.78 is 0. The van der Waals surface area contributed by atoms with Crippen molar-refractivity contribution in [2.24, 2.45) is 0 Å². The number of hydrogen-bond acceptors (Lipinski definition) is 5. The zero-order valence-corrected chi connectivity index (χ0v) is 15.5. The van der Waals surface area contributed by atoms with Gasteiger partial charge in [0.05, 0.1) is 6.54 Å². The third-order valence-corrected chi connectivity index (χ3v) is 4.42. The highest BCUT2D eigenvalue weighted by molar-refractivity contribution is 6.30. The van der Waals surface area contributed by atoms with Gasteiger partial charge in [0, 0.05) is 50.1 Å². The minimum absolute atomic E-state index is 0.0680. The fourth-order valence-corrected chi connectivity index (χ4v) is 2.95. The van der Waals surface area contributed by atoms with Crippen LogP contribution in [-0.2, 0) is 11.3 Å². The molecule has 142 valence electrons. The molecular formula is C18H21ClN6O2. The number of aromatic nitrogens is 2. The molecule has 8 nitrogen and oxygen atoms in total. The molecule has 1 aromatic heterocycles. The molecule has 0 atom stereocenters. The topological polar surface area (TPSA) is 90.5 Å². The molecule has 0 bridgehead atoms. The van der Waals surface area contributed by atoms with Crippen molar-refractivity contribution in [3.8, 4) is 0 Å². The van der Waals surface area contributed by atoms with Gasteiger partial charge in [-0.05, 0) is 23.8 Å². The summed E-state index contributed by atoms with van der Waals surface area (Å²) in [6.45, 7) is 2.70. The molecule has 3 rings (SSSR count). The van der Waals surface area contributed by atoms with Gasteiger partial charge in [-0.1, -0.05) is 23.7 Å². The van der Waals surface area contributed by atoms with Crippen LogP contribution in [0.1, 0.15) is 5.56 Å². The number of carbonyl (C=O) groups excluding carboxylic acids is 2. The van der Waals surface area contributed by atoms with E-state index in [1.165, 1.54) is 0 Å². The summed E-state index contributed by atoms with van der Waals surface area (Å²) in [4.78, 5) is 36.3. The Bertz CT molecular complexity index is 780. The van der Waals surface area contributed by atoms with Crippen molar-refractivity contribution in [2.45, 2.75) is 6.54 Å². The van der Waals surface area contributed by atoms with Gasteiger partial charge in [-0.25, -0.2) is 14.8 Å². The smallest absolute Gasteiger partial charge is 0.317 e. The van der Waals surface area contributed by atoms with E-state index in [1.807, 2.05) is 17.0 Å². The quantitative estimate of drug-likeness (QED) is 0.805. The molecule has 9 heteroatoms. The van der Waals surface area contributed by atoms with E-state index < -0.39 is 0 Å². The van der Waals surface area contributed by atoms with Gasteiger partial charge in [0.15, 0.2) is 0 Å². The van der Waals surface area contributed by atoms with Gasteiger partial charge in [-0.3, -0.25) is 4.79 Å². The third-order valence-electron chi connectivity index (χ3n) is 4.18. The van der Waals surface area contributed by atoms with Crippen LogP contribution >= 0.6 is 11.6 Å². The largest absolute Gasteiger partial charge is 0.350 e. The normalized spacial score (nSPS) is 14.0. The van der Waals surface area contributed by atoms with Crippen molar-refractivity contribution in [3.63, 3.8) is 0 Å². The maximum absolute atomic E-state index is 12.2. The Labute approximate surface area is 162 Å². The standard InChI is InChI=1S/C18H21ClN6O2/c19-15-4-1-3-14(11-15)12-22-16(26)13-23-18(27)25-9-7-24(8-10-25)17-20-5-2-6-21-17/h1-6,11H,7-10,12-13H2,(H,22,26)(H,23,27). The van der Waals surface area contributed by atoms with Crippen LogP contribution in [0.25, 0.3) is 0 Å². The summed E-state index contributed by atoms with van der Waals surface area (Å²) in [5, 5.41) is 6.03. The van der Waals surface area contributed by atoms with E-state index in [1.54, 1.807) is 35.5 Å². The highest BCUT2D eigenvalue weighted by Crippen LogP contribution is 2.10. The van der Waals surface area contributed by atoms with E-state index >= 15 is 0 Å². The molecule has 1 fully saturated rings. The zero-order chi connectivity index (χ0) is 19.1. The Morgan fingerprint density at radius 1 is 1.04 bits per heavy atom. The molecular weight excluding hydrogens is 368 g/mol. The van der Waals surface area contributed by atoms with Crippen LogP contribution in [0.3, 0.4) is 0 Å². The maximum atomic E-state index is 12.2. The predicted octanol–water partition coefficient (Wildman–Crippen LogP) is 1.28. The zero-order valence-electron chi connectivity index (χ0n) is 14.8. The molecule has 1 aliphatic rings. The third kappa shape index (κ3) is 5.55. The van der Waals surface area contributed by atoms with E-state index in [9.17, 15) is 9.59 Å². The molecule has 2 heterocycles. The highest BCUT2D eigenvalue weighted by atomic mass is 35.5. The van der Waals surface area contributed by atoms with Crippen molar-refractivity contribution in [3.05, 3.63) is 53.3 Å². The number of hydrogen-bond donors (Lipinski definition) is 2. The Morgan fingerprint density at radius 2 is 1.78 bits per heavy atom. The van der Waals surface area contributed by atoms with Crippen LogP contribution < -0.4 is 15.5 Å². The lowest BCUT2D eigenvalue weighted by Gasteiger charge is -2.34. The Hall–Kier alpha value is -2.87. The lowest BCUT2D eigenvalue weighted by atomic mass is 10.2. The summed E-state index contributed by atoms with van der Waals surface area (Å²) in [5.41, 5.74) is 0.904. The van der Waals surface area contributed by atoms with Crippen molar-refractivity contribution >= 4 is 29.5 Å². The molecule has 27 heavy (non-hydrogen) atoms. The second-order valence-corrected chi connectivity index (χ2v) is 6.52. The monoisotopic (exact) mass is 388 g/mol. The van der Waals surface area contributed by atoms with Gasteiger partial charge in [0.25, 0.3) is 0 Å². The number of nitrogens with one attached hydrogen (secondary N) is 2. The number of urea groups is 1. The molecule has 0 radical (unpaired) electrons. The number of halogens is 1. The van der Waals surface area contributed by atoms with Crippen molar-refractivity contribution in [1.29, 1.82) is 0 Å². The van der Waals surface area contributed by atoms with Crippen LogP contribution in [0.15, 0.2) is 42.7 Å². The van der Waals surface area contributed by atoms with Gasteiger partial charge in [0.2, 0.25) is 11.9 Å². The summed E-state index contributed by atoms with van der Waals surface area (Å²) in [6.07, 6.45) is 3.40. The van der Waals surface area contributed by atoms with Crippen molar-refractivity contribution in [2.75, 3.05) is 37.6 Å². The lowest BCUT2D eigenvalue weighted by Crippen LogP contribution is -2.53. The molecule has 1 aliphatic heterocycles. The number of carbonyl (C=O) groups is 2. The average Bonchev–Trinajstić information content (AvgIpc) is 2.71. The molecule has 2 aromatic rings. The van der Waals surface area contributed by atoms with Gasteiger partial charge in [0.1, 0.15) is 0 Å². The number of anilines is 1. The molecule has 0 unspecified atom stereocenters. The Kier molecular flexibility index (Phi) is 6.43. The first-order valence-corrected chi connectivity index (χ1v) is 9.05.